The van der Waals surface area contributed by atoms with Crippen LogP contribution in [0.2, 0.25) is 0 Å². The van der Waals surface area contributed by atoms with Gasteiger partial charge in [0.1, 0.15) is 11.6 Å². The molecule has 0 saturated heterocycles. The second kappa shape index (κ2) is 6.93. The van der Waals surface area contributed by atoms with Crippen LogP contribution in [0.3, 0.4) is 0 Å². The Hall–Kier alpha value is -2.89. The number of amides is 2. The number of ether oxygens (including phenoxy) is 1. The molecule has 2 aromatic carbocycles. The molecule has 0 aromatic heterocycles. The van der Waals surface area contributed by atoms with E-state index in [4.69, 9.17) is 4.74 Å². The van der Waals surface area contributed by atoms with Crippen molar-refractivity contribution in [3.8, 4) is 5.75 Å². The van der Waals surface area contributed by atoms with E-state index in [1.165, 1.54) is 19.2 Å². The summed E-state index contributed by atoms with van der Waals surface area (Å²) in [7, 11) is 1.52. The molecular weight excluding hydrogens is 323 g/mol. The molecule has 1 aliphatic rings. The highest BCUT2D eigenvalue weighted by molar-refractivity contribution is 5.96. The number of nitrogens with one attached hydrogen (secondary N) is 2. The fraction of sp³-hybridized carbons (Fsp3) is 0.263. The summed E-state index contributed by atoms with van der Waals surface area (Å²) in [6.45, 7) is -0.146. The summed E-state index contributed by atoms with van der Waals surface area (Å²) in [4.78, 5) is 24.3. The van der Waals surface area contributed by atoms with Crippen LogP contribution in [0.1, 0.15) is 28.8 Å². The molecule has 0 radical (unpaired) electrons. The second-order valence-electron chi connectivity index (χ2n) is 6.06. The molecular formula is C19H19FN2O3. The van der Waals surface area contributed by atoms with Crippen LogP contribution < -0.4 is 15.4 Å². The van der Waals surface area contributed by atoms with Crippen molar-refractivity contribution >= 4 is 11.8 Å². The van der Waals surface area contributed by atoms with Crippen LogP contribution in [-0.4, -0.2) is 25.5 Å². The number of methoxy groups -OCH3 is 1. The monoisotopic (exact) mass is 342 g/mol. The van der Waals surface area contributed by atoms with Crippen molar-refractivity contribution in [2.75, 3.05) is 13.7 Å². The van der Waals surface area contributed by atoms with E-state index < -0.39 is 5.54 Å². The SMILES string of the molecule is COc1cccc(C(=O)NCC(=O)NC2(c3cccc(F)c3)CC2)c1. The van der Waals surface area contributed by atoms with Gasteiger partial charge in [-0.25, -0.2) is 4.39 Å². The van der Waals surface area contributed by atoms with Crippen molar-refractivity contribution in [3.63, 3.8) is 0 Å². The van der Waals surface area contributed by atoms with Gasteiger partial charge in [0, 0.05) is 5.56 Å². The van der Waals surface area contributed by atoms with Gasteiger partial charge in [0.2, 0.25) is 5.91 Å². The van der Waals surface area contributed by atoms with Crippen molar-refractivity contribution in [1.82, 2.24) is 10.6 Å². The second-order valence-corrected chi connectivity index (χ2v) is 6.06. The van der Waals surface area contributed by atoms with E-state index >= 15 is 0 Å². The van der Waals surface area contributed by atoms with Gasteiger partial charge >= 0.3 is 0 Å². The van der Waals surface area contributed by atoms with E-state index in [0.717, 1.165) is 18.4 Å². The van der Waals surface area contributed by atoms with Crippen molar-refractivity contribution in [2.45, 2.75) is 18.4 Å². The number of hydrogen-bond acceptors (Lipinski definition) is 3. The Balaban J connectivity index is 1.57. The third-order valence-electron chi connectivity index (χ3n) is 4.25. The van der Waals surface area contributed by atoms with E-state index in [0.29, 0.717) is 11.3 Å². The van der Waals surface area contributed by atoms with E-state index in [9.17, 15) is 14.0 Å². The van der Waals surface area contributed by atoms with Crippen LogP contribution in [0.15, 0.2) is 48.5 Å². The number of rotatable bonds is 6. The van der Waals surface area contributed by atoms with Crippen LogP contribution in [0.5, 0.6) is 5.75 Å². The molecule has 0 atom stereocenters. The van der Waals surface area contributed by atoms with Crippen molar-refractivity contribution in [3.05, 3.63) is 65.5 Å². The highest BCUT2D eigenvalue weighted by atomic mass is 19.1. The fourth-order valence-electron chi connectivity index (χ4n) is 2.73. The molecule has 0 unspecified atom stereocenters. The zero-order valence-corrected chi connectivity index (χ0v) is 13.8. The summed E-state index contributed by atoms with van der Waals surface area (Å²) < 4.78 is 18.5. The highest BCUT2D eigenvalue weighted by Gasteiger charge is 2.45. The zero-order chi connectivity index (χ0) is 17.9. The zero-order valence-electron chi connectivity index (χ0n) is 13.8. The molecule has 0 bridgehead atoms. The Morgan fingerprint density at radius 2 is 1.92 bits per heavy atom. The van der Waals surface area contributed by atoms with Crippen LogP contribution in [0.25, 0.3) is 0 Å². The summed E-state index contributed by atoms with van der Waals surface area (Å²) in [6.07, 6.45) is 1.51. The lowest BCUT2D eigenvalue weighted by atomic mass is 10.0. The number of carbonyl (C=O) groups excluding carboxylic acids is 2. The lowest BCUT2D eigenvalue weighted by molar-refractivity contribution is -0.121. The maximum absolute atomic E-state index is 13.4. The maximum atomic E-state index is 13.4. The van der Waals surface area contributed by atoms with Crippen molar-refractivity contribution in [2.24, 2.45) is 0 Å². The van der Waals surface area contributed by atoms with Gasteiger partial charge in [-0.05, 0) is 48.7 Å². The third-order valence-corrected chi connectivity index (χ3v) is 4.25. The fourth-order valence-corrected chi connectivity index (χ4v) is 2.73. The number of benzene rings is 2. The van der Waals surface area contributed by atoms with Gasteiger partial charge in [0.05, 0.1) is 19.2 Å². The quantitative estimate of drug-likeness (QED) is 0.847. The predicted octanol–water partition coefficient (Wildman–Crippen LogP) is 2.37. The van der Waals surface area contributed by atoms with E-state index in [1.54, 1.807) is 36.4 Å². The Kier molecular flexibility index (Phi) is 4.70. The summed E-state index contributed by atoms with van der Waals surface area (Å²) in [5.74, 6) is -0.424. The first-order valence-corrected chi connectivity index (χ1v) is 8.02. The lowest BCUT2D eigenvalue weighted by Crippen LogP contribution is -2.42. The molecule has 5 nitrogen and oxygen atoms in total. The lowest BCUT2D eigenvalue weighted by Gasteiger charge is -2.18. The van der Waals surface area contributed by atoms with Crippen molar-refractivity contribution < 1.29 is 18.7 Å². The Labute approximate surface area is 145 Å². The molecule has 2 amide bonds. The molecule has 0 spiro atoms. The average molecular weight is 342 g/mol. The minimum Gasteiger partial charge on any atom is -0.497 e. The first kappa shape index (κ1) is 17.0. The Morgan fingerprint density at radius 3 is 2.60 bits per heavy atom. The van der Waals surface area contributed by atoms with Gasteiger partial charge in [0.15, 0.2) is 0 Å². The largest absolute Gasteiger partial charge is 0.497 e. The normalized spacial score (nSPS) is 14.5. The van der Waals surface area contributed by atoms with Gasteiger partial charge in [-0.3, -0.25) is 9.59 Å². The molecule has 2 aromatic rings. The van der Waals surface area contributed by atoms with Crippen LogP contribution in [0, 0.1) is 5.82 Å². The van der Waals surface area contributed by atoms with Gasteiger partial charge in [0.25, 0.3) is 5.91 Å². The minimum absolute atomic E-state index is 0.146. The van der Waals surface area contributed by atoms with Gasteiger partial charge in [-0.2, -0.15) is 0 Å². The van der Waals surface area contributed by atoms with E-state index in [2.05, 4.69) is 10.6 Å². The van der Waals surface area contributed by atoms with Crippen LogP contribution in [-0.2, 0) is 10.3 Å². The Bertz CT molecular complexity index is 803. The molecule has 3 rings (SSSR count). The maximum Gasteiger partial charge on any atom is 0.251 e. The smallest absolute Gasteiger partial charge is 0.251 e. The summed E-state index contributed by atoms with van der Waals surface area (Å²) in [6, 6.07) is 12.9. The topological polar surface area (TPSA) is 67.4 Å². The van der Waals surface area contributed by atoms with Crippen molar-refractivity contribution in [1.29, 1.82) is 0 Å². The van der Waals surface area contributed by atoms with E-state index in [1.807, 2.05) is 0 Å². The summed E-state index contributed by atoms with van der Waals surface area (Å²) >= 11 is 0. The molecule has 130 valence electrons. The molecule has 0 heterocycles. The molecule has 6 heteroatoms. The first-order chi connectivity index (χ1) is 12.0. The number of carbonyl (C=O) groups is 2. The molecule has 1 aliphatic carbocycles. The molecule has 1 fully saturated rings. The van der Waals surface area contributed by atoms with E-state index in [-0.39, 0.29) is 24.2 Å². The molecule has 25 heavy (non-hydrogen) atoms. The number of halogens is 1. The third kappa shape index (κ3) is 3.96. The molecule has 0 aliphatic heterocycles. The summed E-state index contributed by atoms with van der Waals surface area (Å²) in [5, 5.41) is 5.48. The molecule has 1 saturated carbocycles. The minimum atomic E-state index is -0.514. The standard InChI is InChI=1S/C19H19FN2O3/c1-25-16-7-2-4-13(10-16)18(24)21-12-17(23)22-19(8-9-19)14-5-3-6-15(20)11-14/h2-7,10-11H,8-9,12H2,1H3,(H,21,24)(H,22,23). The predicted molar refractivity (Wildman–Crippen MR) is 90.8 cm³/mol. The Morgan fingerprint density at radius 1 is 1.16 bits per heavy atom. The van der Waals surface area contributed by atoms with Crippen LogP contribution >= 0.6 is 0 Å². The molecule has 2 N–H and O–H groups in total. The number of hydrogen-bond donors (Lipinski definition) is 2. The summed E-state index contributed by atoms with van der Waals surface area (Å²) in [5.41, 5.74) is 0.651. The van der Waals surface area contributed by atoms with Crippen LogP contribution in [0.4, 0.5) is 4.39 Å². The van der Waals surface area contributed by atoms with Gasteiger partial charge in [-0.15, -0.1) is 0 Å². The highest BCUT2D eigenvalue weighted by Crippen LogP contribution is 2.45. The van der Waals surface area contributed by atoms with Gasteiger partial charge in [-0.1, -0.05) is 18.2 Å². The first-order valence-electron chi connectivity index (χ1n) is 8.02. The van der Waals surface area contributed by atoms with Gasteiger partial charge < -0.3 is 15.4 Å². The average Bonchev–Trinajstić information content (AvgIpc) is 3.40.